The lowest BCUT2D eigenvalue weighted by Crippen LogP contribution is -2.60. The number of hydrogen-bond acceptors (Lipinski definition) is 14. The number of Topliss-reactive ketones (excluding diaryl/α,β-unsaturated/α-hetero) is 1. The number of likely N-dealkylation sites (N-methyl/N-ethyl adjacent to an activating group) is 2. The Morgan fingerprint density at radius 1 is 0.810 bits per heavy atom. The second-order valence-electron chi connectivity index (χ2n) is 16.4. The third-order valence-electron chi connectivity index (χ3n) is 11.6. The summed E-state index contributed by atoms with van der Waals surface area (Å²) in [4.78, 5) is 59.0. The van der Waals surface area contributed by atoms with E-state index in [4.69, 9.17) is 37.9 Å². The van der Waals surface area contributed by atoms with Crippen LogP contribution in [0, 0.1) is 23.7 Å². The number of nitrogens with zero attached hydrogens (tertiary/aromatic N) is 2. The second kappa shape index (κ2) is 20.7. The lowest BCUT2D eigenvalue weighted by molar-refractivity contribution is -0.295. The third-order valence-corrected chi connectivity index (χ3v) is 11.6. The molecule has 2 saturated heterocycles. The lowest BCUT2D eigenvalue weighted by atomic mass is 9.76. The van der Waals surface area contributed by atoms with Crippen molar-refractivity contribution in [2.75, 3.05) is 62.2 Å². The molecule has 0 spiro atoms. The summed E-state index contributed by atoms with van der Waals surface area (Å²) in [5.41, 5.74) is -0.558. The molecule has 0 aromatic heterocycles. The van der Waals surface area contributed by atoms with E-state index in [0.29, 0.717) is 42.1 Å². The zero-order chi connectivity index (χ0) is 42.9. The highest BCUT2D eigenvalue weighted by Crippen LogP contribution is 2.39. The van der Waals surface area contributed by atoms with Gasteiger partial charge in [-0.3, -0.25) is 9.59 Å². The molecule has 0 radical (unpaired) electrons. The minimum atomic E-state index is -1.24. The fourth-order valence-electron chi connectivity index (χ4n) is 8.18. The van der Waals surface area contributed by atoms with Gasteiger partial charge >= 0.3 is 17.9 Å². The molecular formula is C44H64N2O12. The van der Waals surface area contributed by atoms with Crippen LogP contribution in [0.5, 0.6) is 11.5 Å². The van der Waals surface area contributed by atoms with Crippen LogP contribution in [0.4, 0.5) is 0 Å². The molecule has 0 saturated carbocycles. The van der Waals surface area contributed by atoms with Gasteiger partial charge in [0.25, 0.3) is 0 Å². The van der Waals surface area contributed by atoms with Gasteiger partial charge in [-0.05, 0) is 109 Å². The number of cyclic esters (lactones) is 1. The maximum Gasteiger partial charge on any atom is 0.338 e. The Labute approximate surface area is 343 Å². The molecule has 2 fully saturated rings. The molecule has 2 aliphatic rings. The first kappa shape index (κ1) is 46.6. The molecule has 14 heteroatoms. The maximum atomic E-state index is 14.3. The molecule has 322 valence electrons. The molecule has 58 heavy (non-hydrogen) atoms. The Morgan fingerprint density at radius 2 is 1.34 bits per heavy atom. The Bertz CT molecular complexity index is 1670. The normalized spacial score (nSPS) is 32.0. The van der Waals surface area contributed by atoms with E-state index in [1.165, 1.54) is 14.0 Å². The number of rotatable bonds is 10. The highest BCUT2D eigenvalue weighted by molar-refractivity contribution is 6.00. The van der Waals surface area contributed by atoms with Crippen LogP contribution < -0.4 is 9.47 Å². The van der Waals surface area contributed by atoms with E-state index in [1.807, 2.05) is 58.6 Å². The second-order valence-corrected chi connectivity index (χ2v) is 16.4. The van der Waals surface area contributed by atoms with E-state index in [9.17, 15) is 19.2 Å². The number of hydrogen-bond donors (Lipinski definition) is 0. The Hall–Kier alpha value is -4.08. The van der Waals surface area contributed by atoms with Gasteiger partial charge in [0, 0.05) is 32.0 Å². The van der Waals surface area contributed by atoms with Crippen molar-refractivity contribution in [2.45, 2.75) is 96.7 Å². The van der Waals surface area contributed by atoms with Gasteiger partial charge in [0.1, 0.15) is 30.1 Å². The largest absolute Gasteiger partial charge is 0.497 e. The molecule has 0 amide bonds. The molecule has 2 heterocycles. The average Bonchev–Trinajstić information content (AvgIpc) is 3.20. The molecule has 2 aromatic rings. The molecule has 0 bridgehead atoms. The number of ketones is 1. The number of methoxy groups -OCH3 is 3. The van der Waals surface area contributed by atoms with Crippen LogP contribution in [0.25, 0.3) is 0 Å². The van der Waals surface area contributed by atoms with E-state index in [2.05, 4.69) is 0 Å². The zero-order valence-electron chi connectivity index (χ0n) is 36.2. The van der Waals surface area contributed by atoms with Crippen LogP contribution in [-0.2, 0) is 38.0 Å². The number of carbonyl (C=O) groups excluding carboxylic acids is 4. The van der Waals surface area contributed by atoms with Crippen molar-refractivity contribution in [3.63, 3.8) is 0 Å². The molecule has 0 N–H and O–H groups in total. The van der Waals surface area contributed by atoms with Crippen molar-refractivity contribution in [3.05, 3.63) is 59.7 Å². The smallest absolute Gasteiger partial charge is 0.338 e. The fraction of sp³-hybridized carbons (Fsp3) is 0.636. The standard InChI is InChI=1S/C44H64N2O12/c1-26-24-44(6,53-12)39(58-43-38(35(45(7)8)23-28(3)55-43)57-42(50)32-15-19-34(52-11)20-16-32)29(4)36(47)30(5)40(48)54-22-21-46(9)25-27(2)37(26)56-41(49)31-13-17-33(51-10)18-14-31/h13-20,26-30,35,37-39,43H,21-25H2,1-12H3/t26-,27-,28-,29+,30-,35+,37+,38-,39-,43+,44-/m1/s1. The summed E-state index contributed by atoms with van der Waals surface area (Å²) in [6.45, 7) is 12.0. The molecule has 2 aliphatic heterocycles. The highest BCUT2D eigenvalue weighted by atomic mass is 16.7. The molecular weight excluding hydrogens is 748 g/mol. The van der Waals surface area contributed by atoms with Crippen LogP contribution in [0.3, 0.4) is 0 Å². The average molecular weight is 813 g/mol. The summed E-state index contributed by atoms with van der Waals surface area (Å²) in [6.07, 6.45) is -3.28. The van der Waals surface area contributed by atoms with Gasteiger partial charge in [0.05, 0.1) is 49.2 Å². The van der Waals surface area contributed by atoms with Crippen molar-refractivity contribution in [1.29, 1.82) is 0 Å². The third kappa shape index (κ3) is 11.6. The minimum Gasteiger partial charge on any atom is -0.497 e. The number of benzene rings is 2. The monoisotopic (exact) mass is 812 g/mol. The van der Waals surface area contributed by atoms with Crippen molar-refractivity contribution < 1.29 is 57.1 Å². The lowest BCUT2D eigenvalue weighted by Gasteiger charge is -2.48. The van der Waals surface area contributed by atoms with Crippen LogP contribution >= 0.6 is 0 Å². The summed E-state index contributed by atoms with van der Waals surface area (Å²) < 4.78 is 48.5. The summed E-state index contributed by atoms with van der Waals surface area (Å²) in [5.74, 6) is -3.52. The zero-order valence-corrected chi connectivity index (χ0v) is 36.2. The van der Waals surface area contributed by atoms with Crippen LogP contribution in [0.2, 0.25) is 0 Å². The number of esters is 3. The Balaban J connectivity index is 1.77. The van der Waals surface area contributed by atoms with Gasteiger partial charge < -0.3 is 47.7 Å². The van der Waals surface area contributed by atoms with Gasteiger partial charge in [-0.25, -0.2) is 9.59 Å². The maximum absolute atomic E-state index is 14.3. The molecule has 11 atom stereocenters. The van der Waals surface area contributed by atoms with E-state index < -0.39 is 65.7 Å². The first-order chi connectivity index (χ1) is 27.4. The van der Waals surface area contributed by atoms with E-state index in [0.717, 1.165) is 0 Å². The Kier molecular flexibility index (Phi) is 16.7. The van der Waals surface area contributed by atoms with Gasteiger partial charge in [-0.1, -0.05) is 20.8 Å². The summed E-state index contributed by atoms with van der Waals surface area (Å²) in [6, 6.07) is 13.0. The van der Waals surface area contributed by atoms with E-state index in [1.54, 1.807) is 69.7 Å². The first-order valence-corrected chi connectivity index (χ1v) is 20.0. The van der Waals surface area contributed by atoms with Crippen molar-refractivity contribution in [1.82, 2.24) is 9.80 Å². The SMILES string of the molecule is COc1ccc(C(=O)O[C@@H]2[C@H](C)CN(C)CCOC(=O)[C@H](C)C(=O)[C@H](C)[C@@H](O[C@@H]3O[C@H](C)C[C@H](N(C)C)[C@H]3OC(=O)c3ccc(OC)cc3)[C@](C)(OC)C[C@H]2C)cc1. The quantitative estimate of drug-likeness (QED) is 0.174. The molecule has 4 rings (SSSR count). The Morgan fingerprint density at radius 3 is 1.84 bits per heavy atom. The van der Waals surface area contributed by atoms with E-state index >= 15 is 0 Å². The van der Waals surface area contributed by atoms with Crippen LogP contribution in [0.15, 0.2) is 48.5 Å². The summed E-state index contributed by atoms with van der Waals surface area (Å²) >= 11 is 0. The minimum absolute atomic E-state index is 0.0661. The predicted octanol–water partition coefficient (Wildman–Crippen LogP) is 5.30. The van der Waals surface area contributed by atoms with Crippen molar-refractivity contribution in [2.24, 2.45) is 23.7 Å². The van der Waals surface area contributed by atoms with Gasteiger partial charge in [-0.2, -0.15) is 0 Å². The topological polar surface area (TPSA) is 149 Å². The van der Waals surface area contributed by atoms with Gasteiger partial charge in [-0.15, -0.1) is 0 Å². The van der Waals surface area contributed by atoms with Gasteiger partial charge in [0.2, 0.25) is 0 Å². The highest BCUT2D eigenvalue weighted by Gasteiger charge is 2.51. The number of ether oxygens (including phenoxy) is 8. The van der Waals surface area contributed by atoms with Gasteiger partial charge in [0.15, 0.2) is 18.2 Å². The number of carbonyl (C=O) groups is 4. The summed E-state index contributed by atoms with van der Waals surface area (Å²) in [7, 11) is 10.3. The van der Waals surface area contributed by atoms with Crippen LogP contribution in [0.1, 0.15) is 75.1 Å². The van der Waals surface area contributed by atoms with Crippen LogP contribution in [-0.4, -0.2) is 138 Å². The molecule has 14 nitrogen and oxygen atoms in total. The summed E-state index contributed by atoms with van der Waals surface area (Å²) in [5, 5.41) is 0. The predicted molar refractivity (Wildman–Crippen MR) is 216 cm³/mol. The van der Waals surface area contributed by atoms with Crippen molar-refractivity contribution >= 4 is 23.7 Å². The molecule has 2 aromatic carbocycles. The fourth-order valence-corrected chi connectivity index (χ4v) is 8.18. The van der Waals surface area contributed by atoms with E-state index in [-0.39, 0.29) is 37.0 Å². The molecule has 0 aliphatic carbocycles. The molecule has 0 unspecified atom stereocenters. The van der Waals surface area contributed by atoms with Crippen molar-refractivity contribution in [3.8, 4) is 11.5 Å². The first-order valence-electron chi connectivity index (χ1n) is 20.0.